The van der Waals surface area contributed by atoms with E-state index in [0.717, 1.165) is 10.2 Å². The number of hydrogen-bond donors (Lipinski definition) is 1. The maximum atomic E-state index is 12.7. The first kappa shape index (κ1) is 17.2. The largest absolute Gasteiger partial charge is 0.462 e. The van der Waals surface area contributed by atoms with Gasteiger partial charge in [0, 0.05) is 12.7 Å². The van der Waals surface area contributed by atoms with E-state index >= 15 is 0 Å². The molecule has 0 aliphatic carbocycles. The Bertz CT molecular complexity index is 1040. The molecule has 1 amide bonds. The molecule has 3 rings (SSSR count). The molecule has 0 spiro atoms. The lowest BCUT2D eigenvalue weighted by Gasteiger charge is -2.01. The van der Waals surface area contributed by atoms with E-state index < -0.39 is 11.9 Å². The summed E-state index contributed by atoms with van der Waals surface area (Å²) in [5.74, 6) is -0.835. The summed E-state index contributed by atoms with van der Waals surface area (Å²) in [5, 5.41) is 0. The van der Waals surface area contributed by atoms with Gasteiger partial charge in [-0.15, -0.1) is 0 Å². The van der Waals surface area contributed by atoms with Crippen molar-refractivity contribution >= 4 is 33.4 Å². The highest BCUT2D eigenvalue weighted by Crippen LogP contribution is 2.20. The first-order chi connectivity index (χ1) is 11.9. The van der Waals surface area contributed by atoms with Gasteiger partial charge in [0.2, 0.25) is 0 Å². The fraction of sp³-hybridized carbons (Fsp3) is 0.278. The number of ether oxygens (including phenoxy) is 1. The van der Waals surface area contributed by atoms with Gasteiger partial charge in [-0.2, -0.15) is 4.99 Å². The summed E-state index contributed by atoms with van der Waals surface area (Å²) in [5.41, 5.74) is 2.91. The average Bonchev–Trinajstić information content (AvgIpc) is 3.05. The molecular formula is C18H19N3O3S. The standard InChI is InChI=1S/C18H19N3O3S/c1-5-24-17(23)14-10(2)15(19-11(14)3)16(22)20-18-21(4)12-8-6-7-9-13(12)25-18/h6-9,19H,5H2,1-4H3. The van der Waals surface area contributed by atoms with Gasteiger partial charge in [-0.3, -0.25) is 4.79 Å². The minimum atomic E-state index is -0.430. The third kappa shape index (κ3) is 3.02. The molecule has 0 saturated carbocycles. The lowest BCUT2D eigenvalue weighted by Crippen LogP contribution is -2.14. The van der Waals surface area contributed by atoms with Gasteiger partial charge in [-0.05, 0) is 38.5 Å². The third-order valence-electron chi connectivity index (χ3n) is 4.04. The van der Waals surface area contributed by atoms with Gasteiger partial charge in [-0.1, -0.05) is 23.5 Å². The number of H-pyrrole nitrogens is 1. The second-order valence-electron chi connectivity index (χ2n) is 5.67. The minimum absolute atomic E-state index is 0.286. The molecule has 1 aromatic carbocycles. The van der Waals surface area contributed by atoms with Crippen molar-refractivity contribution in [1.82, 2.24) is 9.55 Å². The molecule has 0 radical (unpaired) electrons. The summed E-state index contributed by atoms with van der Waals surface area (Å²) >= 11 is 1.45. The van der Waals surface area contributed by atoms with Crippen LogP contribution >= 0.6 is 11.3 Å². The number of benzene rings is 1. The number of para-hydroxylation sites is 1. The van der Waals surface area contributed by atoms with Crippen LogP contribution in [0.5, 0.6) is 0 Å². The van der Waals surface area contributed by atoms with E-state index in [9.17, 15) is 9.59 Å². The minimum Gasteiger partial charge on any atom is -0.462 e. The Kier molecular flexibility index (Phi) is 4.59. The number of aromatic nitrogens is 2. The van der Waals surface area contributed by atoms with Gasteiger partial charge in [0.05, 0.1) is 22.4 Å². The van der Waals surface area contributed by atoms with E-state index in [1.807, 2.05) is 35.9 Å². The van der Waals surface area contributed by atoms with Crippen LogP contribution in [0.1, 0.15) is 39.0 Å². The molecule has 1 N–H and O–H groups in total. The maximum absolute atomic E-state index is 12.7. The zero-order valence-electron chi connectivity index (χ0n) is 14.5. The van der Waals surface area contributed by atoms with Crippen LogP contribution in [0.25, 0.3) is 10.2 Å². The van der Waals surface area contributed by atoms with Gasteiger partial charge in [0.25, 0.3) is 5.91 Å². The summed E-state index contributed by atoms with van der Waals surface area (Å²) in [6, 6.07) is 7.88. The zero-order valence-corrected chi connectivity index (χ0v) is 15.4. The molecule has 2 heterocycles. The Balaban J connectivity index is 2.05. The SMILES string of the molecule is CCOC(=O)c1c(C)[nH]c(C(=O)N=c2sc3ccccc3n2C)c1C. The lowest BCUT2D eigenvalue weighted by molar-refractivity contribution is 0.0525. The molecule has 0 atom stereocenters. The van der Waals surface area contributed by atoms with Crippen molar-refractivity contribution < 1.29 is 14.3 Å². The number of carbonyl (C=O) groups excluding carboxylic acids is 2. The molecule has 0 fully saturated rings. The maximum Gasteiger partial charge on any atom is 0.340 e. The number of esters is 1. The van der Waals surface area contributed by atoms with Crippen LogP contribution in [0.3, 0.4) is 0 Å². The van der Waals surface area contributed by atoms with Crippen molar-refractivity contribution in [2.24, 2.45) is 12.0 Å². The molecule has 25 heavy (non-hydrogen) atoms. The molecule has 7 heteroatoms. The number of nitrogens with zero attached hydrogens (tertiary/aromatic N) is 2. The Morgan fingerprint density at radius 2 is 2.00 bits per heavy atom. The Hall–Kier alpha value is -2.67. The van der Waals surface area contributed by atoms with Gasteiger partial charge < -0.3 is 14.3 Å². The fourth-order valence-electron chi connectivity index (χ4n) is 2.80. The number of hydrogen-bond acceptors (Lipinski definition) is 4. The highest BCUT2D eigenvalue weighted by molar-refractivity contribution is 7.16. The van der Waals surface area contributed by atoms with Crippen LogP contribution in [0.4, 0.5) is 0 Å². The summed E-state index contributed by atoms with van der Waals surface area (Å²) < 4.78 is 8.00. The van der Waals surface area contributed by atoms with Crippen molar-refractivity contribution in [3.63, 3.8) is 0 Å². The molecule has 0 aliphatic heterocycles. The van der Waals surface area contributed by atoms with Crippen molar-refractivity contribution in [2.75, 3.05) is 6.61 Å². The molecule has 0 aliphatic rings. The highest BCUT2D eigenvalue weighted by Gasteiger charge is 2.22. The van der Waals surface area contributed by atoms with Crippen LogP contribution in [0, 0.1) is 13.8 Å². The quantitative estimate of drug-likeness (QED) is 0.732. The molecule has 0 unspecified atom stereocenters. The fourth-order valence-corrected chi connectivity index (χ4v) is 3.82. The van der Waals surface area contributed by atoms with Gasteiger partial charge in [-0.25, -0.2) is 4.79 Å². The predicted octanol–water partition coefficient (Wildman–Crippen LogP) is 3.10. The van der Waals surface area contributed by atoms with E-state index in [4.69, 9.17) is 4.74 Å². The predicted molar refractivity (Wildman–Crippen MR) is 96.9 cm³/mol. The number of rotatable bonds is 3. The Morgan fingerprint density at radius 1 is 1.28 bits per heavy atom. The lowest BCUT2D eigenvalue weighted by atomic mass is 10.1. The first-order valence-corrected chi connectivity index (χ1v) is 8.75. The van der Waals surface area contributed by atoms with E-state index in [0.29, 0.717) is 27.3 Å². The number of fused-ring (bicyclic) bond motifs is 1. The number of thiazole rings is 1. The number of aromatic amines is 1. The molecule has 3 aromatic rings. The average molecular weight is 357 g/mol. The normalized spacial score (nSPS) is 11.9. The van der Waals surface area contributed by atoms with E-state index in [1.165, 1.54) is 11.3 Å². The summed E-state index contributed by atoms with van der Waals surface area (Å²) in [7, 11) is 1.88. The second kappa shape index (κ2) is 6.68. The van der Waals surface area contributed by atoms with Gasteiger partial charge in [0.15, 0.2) is 4.80 Å². The Labute approximate surface area is 148 Å². The van der Waals surface area contributed by atoms with Crippen LogP contribution in [-0.4, -0.2) is 28.0 Å². The van der Waals surface area contributed by atoms with Gasteiger partial charge >= 0.3 is 5.97 Å². The second-order valence-corrected chi connectivity index (χ2v) is 6.68. The van der Waals surface area contributed by atoms with Crippen LogP contribution in [0.2, 0.25) is 0 Å². The molecule has 2 aromatic heterocycles. The van der Waals surface area contributed by atoms with Crippen LogP contribution in [0.15, 0.2) is 29.3 Å². The molecule has 0 saturated heterocycles. The number of amides is 1. The van der Waals surface area contributed by atoms with Gasteiger partial charge in [0.1, 0.15) is 5.69 Å². The summed E-state index contributed by atoms with van der Waals surface area (Å²) in [6.45, 7) is 5.51. The monoisotopic (exact) mass is 357 g/mol. The van der Waals surface area contributed by atoms with Crippen LogP contribution in [-0.2, 0) is 11.8 Å². The van der Waals surface area contributed by atoms with Crippen molar-refractivity contribution in [3.05, 3.63) is 51.6 Å². The highest BCUT2D eigenvalue weighted by atomic mass is 32.1. The first-order valence-electron chi connectivity index (χ1n) is 7.94. The smallest absolute Gasteiger partial charge is 0.340 e. The van der Waals surface area contributed by atoms with E-state index in [-0.39, 0.29) is 6.61 Å². The molecule has 6 nitrogen and oxygen atoms in total. The third-order valence-corrected chi connectivity index (χ3v) is 5.16. The number of nitrogens with one attached hydrogen (secondary N) is 1. The topological polar surface area (TPSA) is 76.5 Å². The van der Waals surface area contributed by atoms with Crippen molar-refractivity contribution in [1.29, 1.82) is 0 Å². The number of aryl methyl sites for hydroxylation is 2. The molecular weight excluding hydrogens is 338 g/mol. The number of carbonyl (C=O) groups is 2. The molecule has 0 bridgehead atoms. The van der Waals surface area contributed by atoms with E-state index in [1.54, 1.807) is 20.8 Å². The van der Waals surface area contributed by atoms with E-state index in [2.05, 4.69) is 9.98 Å². The zero-order chi connectivity index (χ0) is 18.1. The summed E-state index contributed by atoms with van der Waals surface area (Å²) in [4.78, 5) is 32.5. The van der Waals surface area contributed by atoms with Crippen molar-refractivity contribution in [2.45, 2.75) is 20.8 Å². The van der Waals surface area contributed by atoms with Crippen molar-refractivity contribution in [3.8, 4) is 0 Å². The Morgan fingerprint density at radius 3 is 2.68 bits per heavy atom. The molecule has 130 valence electrons. The van der Waals surface area contributed by atoms with Crippen LogP contribution < -0.4 is 4.80 Å². The summed E-state index contributed by atoms with van der Waals surface area (Å²) in [6.07, 6.45) is 0.